The number of phenolic OH excluding ortho intramolecular Hbond substituents is 1. The predicted molar refractivity (Wildman–Crippen MR) is 75.4 cm³/mol. The zero-order valence-corrected chi connectivity index (χ0v) is 11.4. The van der Waals surface area contributed by atoms with Crippen molar-refractivity contribution in [2.75, 3.05) is 0 Å². The number of benzene rings is 1. The number of nitrogens with zero attached hydrogens (tertiary/aromatic N) is 2. The summed E-state index contributed by atoms with van der Waals surface area (Å²) in [4.78, 5) is 11.5. The van der Waals surface area contributed by atoms with Gasteiger partial charge in [0.25, 0.3) is 5.56 Å². The van der Waals surface area contributed by atoms with E-state index in [0.29, 0.717) is 12.2 Å². The van der Waals surface area contributed by atoms with E-state index in [4.69, 9.17) is 0 Å². The van der Waals surface area contributed by atoms with Crippen LogP contribution in [0.4, 0.5) is 0 Å². The molecule has 1 aromatic carbocycles. The Hall–Kier alpha value is -2.10. The second-order valence-corrected chi connectivity index (χ2v) is 4.80. The Bertz CT molecular complexity index is 645. The summed E-state index contributed by atoms with van der Waals surface area (Å²) >= 11 is 0. The lowest BCUT2D eigenvalue weighted by Gasteiger charge is -2.10. The number of aromatic nitrogens is 2. The van der Waals surface area contributed by atoms with Gasteiger partial charge in [0.1, 0.15) is 5.75 Å². The average Bonchev–Trinajstić information content (AvgIpc) is 2.38. The minimum Gasteiger partial charge on any atom is -0.508 e. The quantitative estimate of drug-likeness (QED) is 0.921. The van der Waals surface area contributed by atoms with Crippen molar-refractivity contribution in [3.63, 3.8) is 0 Å². The van der Waals surface area contributed by atoms with Gasteiger partial charge in [0.05, 0.1) is 5.69 Å². The number of hydrogen-bond acceptors (Lipinski definition) is 3. The van der Waals surface area contributed by atoms with Gasteiger partial charge in [-0.1, -0.05) is 26.0 Å². The molecule has 0 amide bonds. The maximum atomic E-state index is 11.5. The number of phenols is 1. The van der Waals surface area contributed by atoms with E-state index >= 15 is 0 Å². The molecule has 0 radical (unpaired) electrons. The average molecular weight is 258 g/mol. The molecule has 100 valence electrons. The van der Waals surface area contributed by atoms with E-state index in [1.54, 1.807) is 12.1 Å². The molecule has 0 aliphatic rings. The van der Waals surface area contributed by atoms with E-state index < -0.39 is 0 Å². The SMILES string of the molecule is CCn1nc(-c2ccc(C(C)C)c(O)c2)ccc1=O. The van der Waals surface area contributed by atoms with Crippen molar-refractivity contribution in [1.29, 1.82) is 0 Å². The third-order valence-electron chi connectivity index (χ3n) is 3.11. The van der Waals surface area contributed by atoms with Crippen molar-refractivity contribution < 1.29 is 5.11 Å². The van der Waals surface area contributed by atoms with Crippen molar-refractivity contribution in [3.8, 4) is 17.0 Å². The molecule has 0 spiro atoms. The Balaban J connectivity index is 2.48. The third-order valence-corrected chi connectivity index (χ3v) is 3.11. The second-order valence-electron chi connectivity index (χ2n) is 4.80. The molecular weight excluding hydrogens is 240 g/mol. The van der Waals surface area contributed by atoms with Crippen LogP contribution >= 0.6 is 0 Å². The molecule has 1 aromatic heterocycles. The molecule has 0 aliphatic carbocycles. The van der Waals surface area contributed by atoms with Crippen molar-refractivity contribution in [3.05, 3.63) is 46.2 Å². The Kier molecular flexibility index (Phi) is 3.69. The van der Waals surface area contributed by atoms with Gasteiger partial charge in [-0.15, -0.1) is 0 Å². The van der Waals surface area contributed by atoms with Crippen molar-refractivity contribution in [2.45, 2.75) is 33.2 Å². The lowest BCUT2D eigenvalue weighted by molar-refractivity contribution is 0.465. The second kappa shape index (κ2) is 5.26. The van der Waals surface area contributed by atoms with E-state index in [1.165, 1.54) is 10.7 Å². The zero-order valence-electron chi connectivity index (χ0n) is 11.4. The van der Waals surface area contributed by atoms with Crippen LogP contribution in [0.1, 0.15) is 32.3 Å². The summed E-state index contributed by atoms with van der Waals surface area (Å²) in [5, 5.41) is 14.3. The van der Waals surface area contributed by atoms with Crippen LogP contribution < -0.4 is 5.56 Å². The highest BCUT2D eigenvalue weighted by Gasteiger charge is 2.09. The van der Waals surface area contributed by atoms with Crippen molar-refractivity contribution >= 4 is 0 Å². The van der Waals surface area contributed by atoms with Gasteiger partial charge in [-0.25, -0.2) is 4.68 Å². The molecule has 0 atom stereocenters. The maximum Gasteiger partial charge on any atom is 0.266 e. The summed E-state index contributed by atoms with van der Waals surface area (Å²) in [7, 11) is 0. The topological polar surface area (TPSA) is 55.1 Å². The number of aryl methyl sites for hydroxylation is 1. The number of aromatic hydroxyl groups is 1. The predicted octanol–water partition coefficient (Wildman–Crippen LogP) is 2.76. The molecule has 0 fully saturated rings. The Labute approximate surface area is 112 Å². The van der Waals surface area contributed by atoms with Gasteiger partial charge in [-0.05, 0) is 30.5 Å². The van der Waals surface area contributed by atoms with Gasteiger partial charge in [0.15, 0.2) is 0 Å². The number of hydrogen-bond donors (Lipinski definition) is 1. The lowest BCUT2D eigenvalue weighted by Crippen LogP contribution is -2.20. The van der Waals surface area contributed by atoms with E-state index in [-0.39, 0.29) is 17.2 Å². The zero-order chi connectivity index (χ0) is 14.0. The Morgan fingerprint density at radius 2 is 2.00 bits per heavy atom. The minimum atomic E-state index is -0.116. The highest BCUT2D eigenvalue weighted by atomic mass is 16.3. The molecule has 0 saturated carbocycles. The van der Waals surface area contributed by atoms with Crippen LogP contribution in [0.5, 0.6) is 5.75 Å². The molecule has 19 heavy (non-hydrogen) atoms. The smallest absolute Gasteiger partial charge is 0.266 e. The van der Waals surface area contributed by atoms with Crippen molar-refractivity contribution in [1.82, 2.24) is 9.78 Å². The highest BCUT2D eigenvalue weighted by molar-refractivity contribution is 5.62. The summed E-state index contributed by atoms with van der Waals surface area (Å²) in [6.07, 6.45) is 0. The van der Waals surface area contributed by atoms with E-state index in [0.717, 1.165) is 11.1 Å². The van der Waals surface area contributed by atoms with Gasteiger partial charge in [-0.3, -0.25) is 4.79 Å². The molecule has 4 nitrogen and oxygen atoms in total. The van der Waals surface area contributed by atoms with Gasteiger partial charge < -0.3 is 5.11 Å². The van der Waals surface area contributed by atoms with Crippen LogP contribution in [0.2, 0.25) is 0 Å². The minimum absolute atomic E-state index is 0.116. The molecule has 2 rings (SSSR count). The van der Waals surface area contributed by atoms with E-state index in [9.17, 15) is 9.90 Å². The molecule has 4 heteroatoms. The van der Waals surface area contributed by atoms with Crippen LogP contribution in [0, 0.1) is 0 Å². The number of rotatable bonds is 3. The van der Waals surface area contributed by atoms with Crippen LogP contribution in [0.15, 0.2) is 35.1 Å². The van der Waals surface area contributed by atoms with Crippen LogP contribution in [0.3, 0.4) is 0 Å². The fourth-order valence-corrected chi connectivity index (χ4v) is 2.02. The normalized spacial score (nSPS) is 10.9. The summed E-state index contributed by atoms with van der Waals surface area (Å²) in [5.74, 6) is 0.537. The Morgan fingerprint density at radius 3 is 2.58 bits per heavy atom. The maximum absolute atomic E-state index is 11.5. The fourth-order valence-electron chi connectivity index (χ4n) is 2.02. The van der Waals surface area contributed by atoms with Crippen LogP contribution in [0.25, 0.3) is 11.3 Å². The van der Waals surface area contributed by atoms with Gasteiger partial charge >= 0.3 is 0 Å². The summed E-state index contributed by atoms with van der Waals surface area (Å²) < 4.78 is 1.41. The first-order valence-corrected chi connectivity index (χ1v) is 6.44. The highest BCUT2D eigenvalue weighted by Crippen LogP contribution is 2.29. The van der Waals surface area contributed by atoms with Gasteiger partial charge in [0, 0.05) is 18.2 Å². The third kappa shape index (κ3) is 2.67. The van der Waals surface area contributed by atoms with Crippen LogP contribution in [-0.4, -0.2) is 14.9 Å². The molecule has 0 bridgehead atoms. The molecule has 1 N–H and O–H groups in total. The first-order valence-electron chi connectivity index (χ1n) is 6.44. The van der Waals surface area contributed by atoms with Gasteiger partial charge in [0.2, 0.25) is 0 Å². The lowest BCUT2D eigenvalue weighted by atomic mass is 9.99. The van der Waals surface area contributed by atoms with Crippen molar-refractivity contribution in [2.24, 2.45) is 0 Å². The van der Waals surface area contributed by atoms with E-state index in [1.807, 2.05) is 32.9 Å². The molecule has 2 aromatic rings. The first-order chi connectivity index (χ1) is 9.02. The van der Waals surface area contributed by atoms with E-state index in [2.05, 4.69) is 5.10 Å². The molecule has 0 aliphatic heterocycles. The molecule has 1 heterocycles. The Morgan fingerprint density at radius 1 is 1.26 bits per heavy atom. The molecular formula is C15H18N2O2. The van der Waals surface area contributed by atoms with Crippen LogP contribution in [-0.2, 0) is 6.54 Å². The summed E-state index contributed by atoms with van der Waals surface area (Å²) in [6, 6.07) is 8.69. The summed E-state index contributed by atoms with van der Waals surface area (Å²) in [5.41, 5.74) is 2.29. The fraction of sp³-hybridized carbons (Fsp3) is 0.333. The first kappa shape index (κ1) is 13.3. The summed E-state index contributed by atoms with van der Waals surface area (Å²) in [6.45, 7) is 6.47. The molecule has 0 unspecified atom stereocenters. The monoisotopic (exact) mass is 258 g/mol. The standard InChI is InChI=1S/C15H18N2O2/c1-4-17-15(19)8-7-13(16-17)11-5-6-12(10(2)3)14(18)9-11/h5-10,18H,4H2,1-3H3. The molecule has 0 saturated heterocycles. The van der Waals surface area contributed by atoms with Gasteiger partial charge in [-0.2, -0.15) is 5.10 Å². The largest absolute Gasteiger partial charge is 0.508 e.